The number of carbonyl (C=O) groups is 2. The highest BCUT2D eigenvalue weighted by molar-refractivity contribution is 7.98. The second-order valence-electron chi connectivity index (χ2n) is 5.49. The van der Waals surface area contributed by atoms with Gasteiger partial charge in [-0.25, -0.2) is 14.4 Å². The first-order valence-corrected chi connectivity index (χ1v) is 9.10. The van der Waals surface area contributed by atoms with Crippen LogP contribution < -0.4 is 10.6 Å². The number of hydrogen-bond acceptors (Lipinski definition) is 5. The number of halogens is 1. The maximum atomic E-state index is 13.9. The maximum Gasteiger partial charge on any atom is 0.258 e. The molecule has 0 bridgehead atoms. The van der Waals surface area contributed by atoms with Crippen molar-refractivity contribution < 1.29 is 14.0 Å². The van der Waals surface area contributed by atoms with Gasteiger partial charge in [-0.2, -0.15) is 0 Å². The number of aromatic nitrogens is 2. The fourth-order valence-corrected chi connectivity index (χ4v) is 2.70. The molecule has 0 aliphatic carbocycles. The summed E-state index contributed by atoms with van der Waals surface area (Å²) in [7, 11) is 0. The van der Waals surface area contributed by atoms with Crippen molar-refractivity contribution in [3.63, 3.8) is 0 Å². The minimum atomic E-state index is -0.639. The topological polar surface area (TPSA) is 84.0 Å². The molecule has 3 aromatic rings. The first-order chi connectivity index (χ1) is 13.0. The largest absolute Gasteiger partial charge is 0.322 e. The number of anilines is 2. The lowest BCUT2D eigenvalue weighted by Crippen LogP contribution is -2.15. The highest BCUT2D eigenvalue weighted by Crippen LogP contribution is 2.20. The summed E-state index contributed by atoms with van der Waals surface area (Å²) >= 11 is 1.59. The zero-order valence-electron chi connectivity index (χ0n) is 14.3. The zero-order chi connectivity index (χ0) is 19.2. The van der Waals surface area contributed by atoms with Gasteiger partial charge in [0.2, 0.25) is 0 Å². The lowest BCUT2D eigenvalue weighted by molar-refractivity contribution is 0.101. The van der Waals surface area contributed by atoms with Gasteiger partial charge in [-0.05, 0) is 48.7 Å². The van der Waals surface area contributed by atoms with Crippen LogP contribution >= 0.6 is 11.8 Å². The molecule has 2 N–H and O–H groups in total. The summed E-state index contributed by atoms with van der Waals surface area (Å²) in [5.41, 5.74) is 1.06. The minimum absolute atomic E-state index is 0.0866. The maximum absolute atomic E-state index is 13.9. The van der Waals surface area contributed by atoms with Crippen LogP contribution in [0.3, 0.4) is 0 Å². The molecule has 2 amide bonds. The Morgan fingerprint density at radius 2 is 1.52 bits per heavy atom. The molecule has 0 atom stereocenters. The summed E-state index contributed by atoms with van der Waals surface area (Å²) in [6.07, 6.45) is 5.94. The quantitative estimate of drug-likeness (QED) is 0.655. The first kappa shape index (κ1) is 18.5. The molecule has 8 heteroatoms. The molecular weight excluding hydrogens is 367 g/mol. The van der Waals surface area contributed by atoms with Crippen molar-refractivity contribution in [2.24, 2.45) is 0 Å². The molecule has 0 spiro atoms. The highest BCUT2D eigenvalue weighted by atomic mass is 32.2. The fourth-order valence-electron chi connectivity index (χ4n) is 2.29. The van der Waals surface area contributed by atoms with Gasteiger partial charge < -0.3 is 10.6 Å². The lowest BCUT2D eigenvalue weighted by atomic mass is 10.1. The number of nitrogens with zero attached hydrogens (tertiary/aromatic N) is 2. The van der Waals surface area contributed by atoms with Gasteiger partial charge in [-0.3, -0.25) is 9.59 Å². The minimum Gasteiger partial charge on any atom is -0.322 e. The van der Waals surface area contributed by atoms with Gasteiger partial charge in [0, 0.05) is 34.2 Å². The van der Waals surface area contributed by atoms with Gasteiger partial charge >= 0.3 is 0 Å². The molecule has 0 radical (unpaired) electrons. The van der Waals surface area contributed by atoms with E-state index in [2.05, 4.69) is 20.6 Å². The van der Waals surface area contributed by atoms with Crippen molar-refractivity contribution in [1.29, 1.82) is 0 Å². The Morgan fingerprint density at radius 3 is 2.19 bits per heavy atom. The van der Waals surface area contributed by atoms with Crippen LogP contribution in [-0.2, 0) is 0 Å². The second kappa shape index (κ2) is 8.41. The number of nitrogens with one attached hydrogen (secondary N) is 2. The molecule has 0 saturated heterocycles. The van der Waals surface area contributed by atoms with E-state index >= 15 is 0 Å². The molecule has 0 fully saturated rings. The molecule has 27 heavy (non-hydrogen) atoms. The molecular formula is C19H15FN4O2S. The Balaban J connectivity index is 1.75. The smallest absolute Gasteiger partial charge is 0.258 e. The molecule has 0 aliphatic rings. The number of carbonyl (C=O) groups excluding carboxylic acids is 2. The molecule has 3 rings (SSSR count). The van der Waals surface area contributed by atoms with Gasteiger partial charge in [0.1, 0.15) is 12.1 Å². The van der Waals surface area contributed by atoms with Crippen LogP contribution in [0.25, 0.3) is 0 Å². The predicted molar refractivity (Wildman–Crippen MR) is 103 cm³/mol. The van der Waals surface area contributed by atoms with Gasteiger partial charge in [0.15, 0.2) is 0 Å². The van der Waals surface area contributed by atoms with Gasteiger partial charge in [-0.15, -0.1) is 11.8 Å². The number of hydrogen-bond donors (Lipinski definition) is 2. The second-order valence-corrected chi connectivity index (χ2v) is 6.37. The third kappa shape index (κ3) is 4.89. The van der Waals surface area contributed by atoms with Crippen molar-refractivity contribution >= 4 is 35.0 Å². The summed E-state index contributed by atoms with van der Waals surface area (Å²) in [4.78, 5) is 33.1. The van der Waals surface area contributed by atoms with E-state index in [1.807, 2.05) is 18.4 Å². The standard InChI is InChI=1S/C19H15FN4O2S/c1-27-17-4-2-15(3-5-17)23-18(25)12-6-14(20)8-16(7-12)24-19(26)13-9-21-11-22-10-13/h2-11H,1H3,(H,23,25)(H,24,26). The van der Waals surface area contributed by atoms with E-state index in [9.17, 15) is 14.0 Å². The molecule has 0 unspecified atom stereocenters. The van der Waals surface area contributed by atoms with E-state index < -0.39 is 17.6 Å². The van der Waals surface area contributed by atoms with Crippen molar-refractivity contribution in [3.05, 3.63) is 78.1 Å². The van der Waals surface area contributed by atoms with E-state index in [1.54, 1.807) is 23.9 Å². The number of rotatable bonds is 5. The number of amides is 2. The van der Waals surface area contributed by atoms with Crippen LogP contribution in [0.15, 0.2) is 66.1 Å². The fraction of sp³-hybridized carbons (Fsp3) is 0.0526. The monoisotopic (exact) mass is 382 g/mol. The third-order valence-electron chi connectivity index (χ3n) is 3.59. The Kier molecular flexibility index (Phi) is 5.77. The molecule has 1 heterocycles. The Morgan fingerprint density at radius 1 is 0.889 bits per heavy atom. The van der Waals surface area contributed by atoms with Gasteiger partial charge in [0.25, 0.3) is 11.8 Å². The predicted octanol–water partition coefficient (Wildman–Crippen LogP) is 3.84. The van der Waals surface area contributed by atoms with Crippen LogP contribution in [-0.4, -0.2) is 28.0 Å². The van der Waals surface area contributed by atoms with Gasteiger partial charge in [-0.1, -0.05) is 0 Å². The van der Waals surface area contributed by atoms with Crippen LogP contribution in [0.2, 0.25) is 0 Å². The van der Waals surface area contributed by atoms with E-state index in [0.29, 0.717) is 5.69 Å². The van der Waals surface area contributed by atoms with Crippen molar-refractivity contribution in [2.75, 3.05) is 16.9 Å². The number of thioether (sulfide) groups is 1. The van der Waals surface area contributed by atoms with Crippen LogP contribution in [0, 0.1) is 5.82 Å². The van der Waals surface area contributed by atoms with Crippen LogP contribution in [0.4, 0.5) is 15.8 Å². The highest BCUT2D eigenvalue weighted by Gasteiger charge is 2.12. The average molecular weight is 382 g/mol. The van der Waals surface area contributed by atoms with Crippen LogP contribution in [0.1, 0.15) is 20.7 Å². The summed E-state index contributed by atoms with van der Waals surface area (Å²) in [6, 6.07) is 10.9. The molecule has 6 nitrogen and oxygen atoms in total. The molecule has 0 aliphatic heterocycles. The van der Waals surface area contributed by atoms with E-state index in [-0.39, 0.29) is 16.8 Å². The normalized spacial score (nSPS) is 10.3. The molecule has 2 aromatic carbocycles. The average Bonchev–Trinajstić information content (AvgIpc) is 2.68. The summed E-state index contributed by atoms with van der Waals surface area (Å²) in [6.45, 7) is 0. The van der Waals surface area contributed by atoms with Crippen molar-refractivity contribution in [2.45, 2.75) is 4.90 Å². The molecule has 136 valence electrons. The molecule has 0 saturated carbocycles. The van der Waals surface area contributed by atoms with E-state index in [1.165, 1.54) is 24.8 Å². The van der Waals surface area contributed by atoms with Crippen molar-refractivity contribution in [1.82, 2.24) is 9.97 Å². The lowest BCUT2D eigenvalue weighted by Gasteiger charge is -2.09. The van der Waals surface area contributed by atoms with E-state index in [4.69, 9.17) is 0 Å². The SMILES string of the molecule is CSc1ccc(NC(=O)c2cc(F)cc(NC(=O)c3cncnc3)c2)cc1. The first-order valence-electron chi connectivity index (χ1n) is 7.87. The summed E-state index contributed by atoms with van der Waals surface area (Å²) < 4.78 is 13.9. The zero-order valence-corrected chi connectivity index (χ0v) is 15.1. The Hall–Kier alpha value is -3.26. The third-order valence-corrected chi connectivity index (χ3v) is 4.33. The Bertz CT molecular complexity index is 965. The number of benzene rings is 2. The van der Waals surface area contributed by atoms with E-state index in [0.717, 1.165) is 17.0 Å². The summed E-state index contributed by atoms with van der Waals surface area (Å²) in [5.74, 6) is -1.62. The Labute approximate surface area is 159 Å². The summed E-state index contributed by atoms with van der Waals surface area (Å²) in [5, 5.41) is 5.23. The van der Waals surface area contributed by atoms with Crippen molar-refractivity contribution in [3.8, 4) is 0 Å². The van der Waals surface area contributed by atoms with Crippen LogP contribution in [0.5, 0.6) is 0 Å². The van der Waals surface area contributed by atoms with Gasteiger partial charge in [0.05, 0.1) is 5.56 Å². The molecule has 1 aromatic heterocycles.